The number of rotatable bonds is 3. The van der Waals surface area contributed by atoms with Crippen molar-refractivity contribution in [2.45, 2.75) is 38.3 Å². The molecule has 2 aromatic rings. The van der Waals surface area contributed by atoms with Gasteiger partial charge in [-0.2, -0.15) is 0 Å². The van der Waals surface area contributed by atoms with E-state index < -0.39 is 0 Å². The van der Waals surface area contributed by atoms with Gasteiger partial charge in [0.1, 0.15) is 4.88 Å². The first-order chi connectivity index (χ1) is 10.1. The number of nitrogens with two attached hydrogens (primary N) is 1. The minimum Gasteiger partial charge on any atom is -0.397 e. The molecule has 112 valence electrons. The maximum atomic E-state index is 12.5. The van der Waals surface area contributed by atoms with E-state index in [4.69, 9.17) is 10.5 Å². The molecule has 4 nitrogen and oxygen atoms in total. The third kappa shape index (κ3) is 2.63. The summed E-state index contributed by atoms with van der Waals surface area (Å²) in [6.07, 6.45) is 3.17. The highest BCUT2D eigenvalue weighted by Crippen LogP contribution is 2.34. The maximum absolute atomic E-state index is 12.5. The Morgan fingerprint density at radius 1 is 1.43 bits per heavy atom. The molecule has 2 unspecified atom stereocenters. The van der Waals surface area contributed by atoms with Crippen LogP contribution in [0.4, 0.5) is 5.69 Å². The monoisotopic (exact) mass is 304 g/mol. The van der Waals surface area contributed by atoms with Gasteiger partial charge in [-0.15, -0.1) is 11.3 Å². The van der Waals surface area contributed by atoms with Crippen LogP contribution in [0.3, 0.4) is 0 Å². The standard InChI is InChI=1S/C16H20N2O2S/c1-9-6-7-10-13(8-9)21-15(14(10)17)16(19)18-11-4-3-5-12(11)20-2/h6-8,11-12H,3-5,17H2,1-2H3,(H,18,19). The number of carbonyl (C=O) groups excluding carboxylic acids is 1. The number of anilines is 1. The summed E-state index contributed by atoms with van der Waals surface area (Å²) < 4.78 is 6.49. The lowest BCUT2D eigenvalue weighted by Crippen LogP contribution is -2.40. The van der Waals surface area contributed by atoms with Gasteiger partial charge < -0.3 is 15.8 Å². The van der Waals surface area contributed by atoms with Crippen LogP contribution in [0.1, 0.15) is 34.5 Å². The summed E-state index contributed by atoms with van der Waals surface area (Å²) in [7, 11) is 1.70. The van der Waals surface area contributed by atoms with Gasteiger partial charge in [0.25, 0.3) is 5.91 Å². The third-order valence-electron chi connectivity index (χ3n) is 4.16. The zero-order valence-corrected chi connectivity index (χ0v) is 13.1. The van der Waals surface area contributed by atoms with Crippen LogP contribution in [0, 0.1) is 6.92 Å². The fourth-order valence-electron chi connectivity index (χ4n) is 3.00. The second-order valence-corrected chi connectivity index (χ2v) is 6.68. The normalized spacial score (nSPS) is 21.8. The number of nitrogens with one attached hydrogen (secondary N) is 1. The van der Waals surface area contributed by atoms with E-state index in [0.717, 1.165) is 29.3 Å². The lowest BCUT2D eigenvalue weighted by atomic mass is 10.1. The molecule has 0 bridgehead atoms. The summed E-state index contributed by atoms with van der Waals surface area (Å²) in [5.41, 5.74) is 7.90. The number of methoxy groups -OCH3 is 1. The van der Waals surface area contributed by atoms with E-state index in [1.54, 1.807) is 7.11 Å². The van der Waals surface area contributed by atoms with E-state index >= 15 is 0 Å². The highest BCUT2D eigenvalue weighted by atomic mass is 32.1. The molecule has 0 spiro atoms. The second-order valence-electron chi connectivity index (χ2n) is 5.63. The molecule has 1 heterocycles. The Labute approximate surface area is 128 Å². The van der Waals surface area contributed by atoms with Gasteiger partial charge in [-0.1, -0.05) is 12.1 Å². The highest BCUT2D eigenvalue weighted by molar-refractivity contribution is 7.21. The van der Waals surface area contributed by atoms with Gasteiger partial charge in [0, 0.05) is 17.2 Å². The van der Waals surface area contributed by atoms with Crippen LogP contribution in [0.15, 0.2) is 18.2 Å². The second kappa shape index (κ2) is 5.66. The van der Waals surface area contributed by atoms with Crippen molar-refractivity contribution >= 4 is 33.0 Å². The largest absolute Gasteiger partial charge is 0.397 e. The van der Waals surface area contributed by atoms with E-state index in [0.29, 0.717) is 10.6 Å². The third-order valence-corrected chi connectivity index (χ3v) is 5.33. The SMILES string of the molecule is COC1CCCC1NC(=O)c1sc2cc(C)ccc2c1N. The van der Waals surface area contributed by atoms with Gasteiger partial charge >= 0.3 is 0 Å². The van der Waals surface area contributed by atoms with E-state index in [1.165, 1.54) is 16.9 Å². The molecule has 1 saturated carbocycles. The Balaban J connectivity index is 1.86. The van der Waals surface area contributed by atoms with Crippen molar-refractivity contribution < 1.29 is 9.53 Å². The molecule has 2 atom stereocenters. The molecular formula is C16H20N2O2S. The molecule has 1 aliphatic carbocycles. The number of aryl methyl sites for hydroxylation is 1. The minimum atomic E-state index is -0.0831. The van der Waals surface area contributed by atoms with E-state index in [2.05, 4.69) is 11.4 Å². The number of hydrogen-bond acceptors (Lipinski definition) is 4. The molecule has 1 fully saturated rings. The van der Waals surface area contributed by atoms with Crippen molar-refractivity contribution in [3.8, 4) is 0 Å². The van der Waals surface area contributed by atoms with E-state index in [-0.39, 0.29) is 18.1 Å². The molecule has 1 amide bonds. The van der Waals surface area contributed by atoms with Crippen molar-refractivity contribution in [2.75, 3.05) is 12.8 Å². The van der Waals surface area contributed by atoms with Crippen LogP contribution in [0.2, 0.25) is 0 Å². The fourth-order valence-corrected chi connectivity index (χ4v) is 4.12. The van der Waals surface area contributed by atoms with Crippen molar-refractivity contribution in [2.24, 2.45) is 0 Å². The highest BCUT2D eigenvalue weighted by Gasteiger charge is 2.29. The first-order valence-corrected chi connectivity index (χ1v) is 8.04. The Hall–Kier alpha value is -1.59. The Morgan fingerprint density at radius 2 is 2.24 bits per heavy atom. The summed E-state index contributed by atoms with van der Waals surface area (Å²) in [6.45, 7) is 2.04. The van der Waals surface area contributed by atoms with Gasteiger partial charge in [-0.05, 0) is 37.8 Å². The predicted molar refractivity (Wildman–Crippen MR) is 86.9 cm³/mol. The summed E-state index contributed by atoms with van der Waals surface area (Å²) >= 11 is 1.46. The van der Waals surface area contributed by atoms with Gasteiger partial charge in [0.2, 0.25) is 0 Å². The quantitative estimate of drug-likeness (QED) is 0.916. The first-order valence-electron chi connectivity index (χ1n) is 7.22. The molecule has 0 saturated heterocycles. The van der Waals surface area contributed by atoms with Crippen molar-refractivity contribution in [1.82, 2.24) is 5.32 Å². The average Bonchev–Trinajstić information content (AvgIpc) is 3.03. The van der Waals surface area contributed by atoms with Gasteiger partial charge in [0.05, 0.1) is 17.8 Å². The van der Waals surface area contributed by atoms with Gasteiger partial charge in [-0.3, -0.25) is 4.79 Å². The molecule has 0 aliphatic heterocycles. The maximum Gasteiger partial charge on any atom is 0.263 e. The zero-order valence-electron chi connectivity index (χ0n) is 12.3. The molecule has 0 radical (unpaired) electrons. The van der Waals surface area contributed by atoms with E-state index in [9.17, 15) is 4.79 Å². The number of thiophene rings is 1. The molecule has 1 aromatic heterocycles. The predicted octanol–water partition coefficient (Wildman–Crippen LogP) is 3.09. The summed E-state index contributed by atoms with van der Waals surface area (Å²) in [4.78, 5) is 13.1. The lowest BCUT2D eigenvalue weighted by molar-refractivity contribution is 0.0725. The number of benzene rings is 1. The number of ether oxygens (including phenoxy) is 1. The Kier molecular flexibility index (Phi) is 3.87. The minimum absolute atomic E-state index is 0.0831. The molecule has 5 heteroatoms. The van der Waals surface area contributed by atoms with Gasteiger partial charge in [0.15, 0.2) is 0 Å². The first kappa shape index (κ1) is 14.4. The topological polar surface area (TPSA) is 64.3 Å². The zero-order chi connectivity index (χ0) is 15.0. The Bertz CT molecular complexity index is 680. The van der Waals surface area contributed by atoms with Gasteiger partial charge in [-0.25, -0.2) is 0 Å². The average molecular weight is 304 g/mol. The summed E-state index contributed by atoms with van der Waals surface area (Å²) in [6, 6.07) is 6.17. The van der Waals surface area contributed by atoms with Crippen molar-refractivity contribution in [3.05, 3.63) is 28.6 Å². The van der Waals surface area contributed by atoms with E-state index in [1.807, 2.05) is 19.1 Å². The van der Waals surface area contributed by atoms with Crippen LogP contribution < -0.4 is 11.1 Å². The molecule has 21 heavy (non-hydrogen) atoms. The smallest absolute Gasteiger partial charge is 0.263 e. The lowest BCUT2D eigenvalue weighted by Gasteiger charge is -2.19. The van der Waals surface area contributed by atoms with Crippen LogP contribution in [-0.4, -0.2) is 25.2 Å². The van der Waals surface area contributed by atoms with Crippen LogP contribution in [0.5, 0.6) is 0 Å². The van der Waals surface area contributed by atoms with Crippen LogP contribution in [-0.2, 0) is 4.74 Å². The van der Waals surface area contributed by atoms with Crippen molar-refractivity contribution in [3.63, 3.8) is 0 Å². The number of hydrogen-bond donors (Lipinski definition) is 2. The Morgan fingerprint density at radius 3 is 3.00 bits per heavy atom. The molecule has 1 aliphatic rings. The molecule has 3 N–H and O–H groups in total. The summed E-state index contributed by atoms with van der Waals surface area (Å²) in [5.74, 6) is -0.0831. The fraction of sp³-hybridized carbons (Fsp3) is 0.438. The van der Waals surface area contributed by atoms with Crippen LogP contribution >= 0.6 is 11.3 Å². The van der Waals surface area contributed by atoms with Crippen LogP contribution in [0.25, 0.3) is 10.1 Å². The number of fused-ring (bicyclic) bond motifs is 1. The number of carbonyl (C=O) groups is 1. The molecule has 1 aromatic carbocycles. The van der Waals surface area contributed by atoms with Crippen molar-refractivity contribution in [1.29, 1.82) is 0 Å². The number of nitrogen functional groups attached to an aromatic ring is 1. The number of amides is 1. The molecule has 3 rings (SSSR count). The summed E-state index contributed by atoms with van der Waals surface area (Å²) in [5, 5.41) is 4.04. The molecular weight excluding hydrogens is 284 g/mol.